The lowest BCUT2D eigenvalue weighted by atomic mass is 10.1. The van der Waals surface area contributed by atoms with Gasteiger partial charge in [-0.15, -0.1) is 0 Å². The summed E-state index contributed by atoms with van der Waals surface area (Å²) in [6, 6.07) is 0. The van der Waals surface area contributed by atoms with Gasteiger partial charge in [0.05, 0.1) is 6.10 Å². The monoisotopic (exact) mass is 242 g/mol. The second-order valence-corrected chi connectivity index (χ2v) is 5.31. The zero-order chi connectivity index (χ0) is 12.3. The molecular formula is C14H30N2O. The minimum atomic E-state index is 0.492. The number of rotatable bonds is 9. The van der Waals surface area contributed by atoms with Gasteiger partial charge in [-0.1, -0.05) is 19.3 Å². The van der Waals surface area contributed by atoms with Crippen molar-refractivity contribution in [3.8, 4) is 0 Å². The van der Waals surface area contributed by atoms with E-state index in [0.717, 1.165) is 19.7 Å². The van der Waals surface area contributed by atoms with Gasteiger partial charge in [0.25, 0.3) is 0 Å². The van der Waals surface area contributed by atoms with E-state index in [9.17, 15) is 0 Å². The molecular weight excluding hydrogens is 212 g/mol. The lowest BCUT2D eigenvalue weighted by Crippen LogP contribution is -2.33. The predicted molar refractivity (Wildman–Crippen MR) is 73.2 cm³/mol. The topological polar surface area (TPSA) is 38.5 Å². The molecule has 0 spiro atoms. The van der Waals surface area contributed by atoms with Gasteiger partial charge in [0.15, 0.2) is 0 Å². The molecule has 0 aromatic heterocycles. The minimum Gasteiger partial charge on any atom is -0.377 e. The highest BCUT2D eigenvalue weighted by atomic mass is 16.5. The summed E-state index contributed by atoms with van der Waals surface area (Å²) in [7, 11) is 2.22. The van der Waals surface area contributed by atoms with Gasteiger partial charge in [-0.05, 0) is 52.2 Å². The molecule has 2 N–H and O–H groups in total. The van der Waals surface area contributed by atoms with Crippen LogP contribution < -0.4 is 5.73 Å². The summed E-state index contributed by atoms with van der Waals surface area (Å²) in [5, 5.41) is 0. The summed E-state index contributed by atoms with van der Waals surface area (Å²) in [5.41, 5.74) is 5.47. The fraction of sp³-hybridized carbons (Fsp3) is 1.00. The van der Waals surface area contributed by atoms with Crippen LogP contribution in [0.25, 0.3) is 0 Å². The molecule has 1 saturated heterocycles. The first-order chi connectivity index (χ1) is 8.33. The highest BCUT2D eigenvalue weighted by molar-refractivity contribution is 4.67. The van der Waals surface area contributed by atoms with E-state index in [0.29, 0.717) is 6.10 Å². The van der Waals surface area contributed by atoms with Crippen molar-refractivity contribution in [1.29, 1.82) is 0 Å². The third kappa shape index (κ3) is 7.74. The molecule has 1 aliphatic heterocycles. The Hall–Kier alpha value is -0.120. The average molecular weight is 242 g/mol. The van der Waals surface area contributed by atoms with Crippen molar-refractivity contribution in [2.75, 3.05) is 33.3 Å². The summed E-state index contributed by atoms with van der Waals surface area (Å²) in [6.45, 7) is 4.14. The molecule has 1 fully saturated rings. The highest BCUT2D eigenvalue weighted by Crippen LogP contribution is 2.13. The molecule has 3 heteroatoms. The van der Waals surface area contributed by atoms with Crippen molar-refractivity contribution < 1.29 is 4.74 Å². The first kappa shape index (κ1) is 14.9. The Bertz CT molecular complexity index is 170. The zero-order valence-corrected chi connectivity index (χ0v) is 11.5. The van der Waals surface area contributed by atoms with E-state index in [1.165, 1.54) is 57.9 Å². The number of unbranched alkanes of at least 4 members (excludes halogenated alkanes) is 4. The fourth-order valence-corrected chi connectivity index (χ4v) is 2.45. The SMILES string of the molecule is CN(CCCCCCCN)CC1CCCCO1. The maximum atomic E-state index is 5.75. The smallest absolute Gasteiger partial charge is 0.0701 e. The third-order valence-corrected chi connectivity index (χ3v) is 3.53. The van der Waals surface area contributed by atoms with Gasteiger partial charge in [0, 0.05) is 13.2 Å². The molecule has 0 saturated carbocycles. The largest absolute Gasteiger partial charge is 0.377 e. The quantitative estimate of drug-likeness (QED) is 0.631. The molecule has 1 atom stereocenters. The summed E-state index contributed by atoms with van der Waals surface area (Å²) in [4.78, 5) is 2.43. The van der Waals surface area contributed by atoms with Crippen molar-refractivity contribution in [3.63, 3.8) is 0 Å². The van der Waals surface area contributed by atoms with Crippen LogP contribution in [0.15, 0.2) is 0 Å². The number of nitrogens with zero attached hydrogens (tertiary/aromatic N) is 1. The molecule has 17 heavy (non-hydrogen) atoms. The van der Waals surface area contributed by atoms with E-state index in [1.807, 2.05) is 0 Å². The van der Waals surface area contributed by atoms with Crippen molar-refractivity contribution in [1.82, 2.24) is 4.90 Å². The maximum Gasteiger partial charge on any atom is 0.0701 e. The molecule has 1 heterocycles. The van der Waals surface area contributed by atoms with Crippen molar-refractivity contribution in [2.24, 2.45) is 5.73 Å². The van der Waals surface area contributed by atoms with Crippen LogP contribution >= 0.6 is 0 Å². The van der Waals surface area contributed by atoms with Gasteiger partial charge in [0.2, 0.25) is 0 Å². The number of ether oxygens (including phenoxy) is 1. The van der Waals surface area contributed by atoms with Crippen molar-refractivity contribution >= 4 is 0 Å². The Morgan fingerprint density at radius 2 is 1.88 bits per heavy atom. The van der Waals surface area contributed by atoms with Crippen LogP contribution in [0.3, 0.4) is 0 Å². The molecule has 0 aromatic carbocycles. The second kappa shape index (κ2) is 9.86. The minimum absolute atomic E-state index is 0.492. The fourth-order valence-electron chi connectivity index (χ4n) is 2.45. The Morgan fingerprint density at radius 3 is 2.59 bits per heavy atom. The van der Waals surface area contributed by atoms with Crippen molar-refractivity contribution in [2.45, 2.75) is 57.5 Å². The first-order valence-corrected chi connectivity index (χ1v) is 7.33. The molecule has 3 nitrogen and oxygen atoms in total. The van der Waals surface area contributed by atoms with E-state index >= 15 is 0 Å². The van der Waals surface area contributed by atoms with Crippen LogP contribution in [0.2, 0.25) is 0 Å². The van der Waals surface area contributed by atoms with E-state index in [-0.39, 0.29) is 0 Å². The number of likely N-dealkylation sites (N-methyl/N-ethyl adjacent to an activating group) is 1. The van der Waals surface area contributed by atoms with Gasteiger partial charge in [0.1, 0.15) is 0 Å². The van der Waals surface area contributed by atoms with Crippen LogP contribution in [0.4, 0.5) is 0 Å². The van der Waals surface area contributed by atoms with Crippen LogP contribution in [0, 0.1) is 0 Å². The normalized spacial score (nSPS) is 21.0. The van der Waals surface area contributed by atoms with Crippen LogP contribution in [-0.2, 0) is 4.74 Å². The van der Waals surface area contributed by atoms with Crippen molar-refractivity contribution in [3.05, 3.63) is 0 Å². The second-order valence-electron chi connectivity index (χ2n) is 5.31. The summed E-state index contributed by atoms with van der Waals surface area (Å²) in [5.74, 6) is 0. The Kier molecular flexibility index (Phi) is 8.67. The van der Waals surface area contributed by atoms with Gasteiger partial charge in [-0.2, -0.15) is 0 Å². The lowest BCUT2D eigenvalue weighted by Gasteiger charge is -2.27. The van der Waals surface area contributed by atoms with E-state index in [1.54, 1.807) is 0 Å². The highest BCUT2D eigenvalue weighted by Gasteiger charge is 2.15. The Labute approximate surface area is 107 Å². The van der Waals surface area contributed by atoms with Crippen LogP contribution in [0.1, 0.15) is 51.4 Å². The number of hydrogen-bond acceptors (Lipinski definition) is 3. The molecule has 0 radical (unpaired) electrons. The third-order valence-electron chi connectivity index (χ3n) is 3.53. The van der Waals surface area contributed by atoms with E-state index in [2.05, 4.69) is 11.9 Å². The molecule has 0 aromatic rings. The first-order valence-electron chi connectivity index (χ1n) is 7.33. The van der Waals surface area contributed by atoms with Gasteiger partial charge < -0.3 is 15.4 Å². The standard InChI is InChI=1S/C14H30N2O/c1-16(11-7-4-2-3-6-10-15)13-14-9-5-8-12-17-14/h14H,2-13,15H2,1H3. The molecule has 0 amide bonds. The molecule has 0 bridgehead atoms. The molecule has 102 valence electrons. The Balaban J connectivity index is 1.91. The summed E-state index contributed by atoms with van der Waals surface area (Å²) < 4.78 is 5.75. The number of hydrogen-bond donors (Lipinski definition) is 1. The molecule has 1 aliphatic rings. The van der Waals surface area contributed by atoms with E-state index < -0.39 is 0 Å². The number of nitrogens with two attached hydrogens (primary N) is 1. The predicted octanol–water partition coefficient (Wildman–Crippen LogP) is 2.40. The lowest BCUT2D eigenvalue weighted by molar-refractivity contribution is -0.00161. The Morgan fingerprint density at radius 1 is 1.12 bits per heavy atom. The van der Waals surface area contributed by atoms with Gasteiger partial charge in [-0.25, -0.2) is 0 Å². The molecule has 1 unspecified atom stereocenters. The van der Waals surface area contributed by atoms with Crippen LogP contribution in [0.5, 0.6) is 0 Å². The maximum absolute atomic E-state index is 5.75. The van der Waals surface area contributed by atoms with Crippen LogP contribution in [-0.4, -0.2) is 44.3 Å². The summed E-state index contributed by atoms with van der Waals surface area (Å²) in [6.07, 6.45) is 10.8. The molecule has 1 rings (SSSR count). The average Bonchev–Trinajstić information content (AvgIpc) is 2.35. The van der Waals surface area contributed by atoms with E-state index in [4.69, 9.17) is 10.5 Å². The molecule has 0 aliphatic carbocycles. The van der Waals surface area contributed by atoms with Gasteiger partial charge in [-0.3, -0.25) is 0 Å². The van der Waals surface area contributed by atoms with Gasteiger partial charge >= 0.3 is 0 Å². The summed E-state index contributed by atoms with van der Waals surface area (Å²) >= 11 is 0. The zero-order valence-electron chi connectivity index (χ0n) is 11.5.